The molecule has 0 spiro atoms. The normalized spacial score (nSPS) is 19.9. The van der Waals surface area contributed by atoms with Crippen LogP contribution in [0.4, 0.5) is 0 Å². The van der Waals surface area contributed by atoms with Gasteiger partial charge in [-0.05, 0) is 19.8 Å². The van der Waals surface area contributed by atoms with Crippen molar-refractivity contribution < 1.29 is 14.7 Å². The van der Waals surface area contributed by atoms with Gasteiger partial charge in [0.15, 0.2) is 0 Å². The molecule has 0 aromatic carbocycles. The first-order chi connectivity index (χ1) is 6.46. The highest BCUT2D eigenvalue weighted by Gasteiger charge is 2.50. The molecule has 1 atom stereocenters. The number of aliphatic carboxylic acids is 1. The molecule has 80 valence electrons. The molecule has 1 rings (SSSR count). The van der Waals surface area contributed by atoms with E-state index in [9.17, 15) is 9.59 Å². The molecule has 5 heteroatoms. The number of hydrogen-bond acceptors (Lipinski definition) is 3. The molecule has 1 saturated carbocycles. The Morgan fingerprint density at radius 1 is 1.57 bits per heavy atom. The zero-order valence-electron chi connectivity index (χ0n) is 8.25. The van der Waals surface area contributed by atoms with Crippen LogP contribution in [0.2, 0.25) is 0 Å². The maximum atomic E-state index is 11.2. The fraction of sp³-hybridized carbons (Fsp3) is 0.778. The van der Waals surface area contributed by atoms with E-state index in [1.165, 1.54) is 0 Å². The van der Waals surface area contributed by atoms with Crippen molar-refractivity contribution in [3.63, 3.8) is 0 Å². The topological polar surface area (TPSA) is 92.4 Å². The van der Waals surface area contributed by atoms with Crippen molar-refractivity contribution in [2.24, 2.45) is 11.1 Å². The summed E-state index contributed by atoms with van der Waals surface area (Å²) in [5.74, 6) is -0.994. The fourth-order valence-corrected chi connectivity index (χ4v) is 1.25. The second-order valence-electron chi connectivity index (χ2n) is 4.04. The molecular formula is C9H16N2O3. The smallest absolute Gasteiger partial charge is 0.311 e. The van der Waals surface area contributed by atoms with Gasteiger partial charge in [0.2, 0.25) is 5.91 Å². The summed E-state index contributed by atoms with van der Waals surface area (Å²) < 4.78 is 0. The Morgan fingerprint density at radius 3 is 2.50 bits per heavy atom. The average molecular weight is 200 g/mol. The maximum absolute atomic E-state index is 11.2. The SMILES string of the molecule is CC(N)CC(=O)NCC1(C(=O)O)CC1. The molecule has 1 aliphatic rings. The first-order valence-corrected chi connectivity index (χ1v) is 4.72. The highest BCUT2D eigenvalue weighted by atomic mass is 16.4. The number of nitrogens with one attached hydrogen (secondary N) is 1. The predicted molar refractivity (Wildman–Crippen MR) is 50.6 cm³/mol. The zero-order valence-corrected chi connectivity index (χ0v) is 8.25. The summed E-state index contributed by atoms with van der Waals surface area (Å²) in [6, 6.07) is -0.185. The molecule has 0 bridgehead atoms. The molecule has 0 aromatic rings. The number of carboxylic acids is 1. The first-order valence-electron chi connectivity index (χ1n) is 4.72. The van der Waals surface area contributed by atoms with Crippen molar-refractivity contribution >= 4 is 11.9 Å². The zero-order chi connectivity index (χ0) is 10.8. The standard InChI is InChI=1S/C9H16N2O3/c1-6(10)4-7(12)11-5-9(2-3-9)8(13)14/h6H,2-5,10H2,1H3,(H,11,12)(H,13,14). The van der Waals surface area contributed by atoms with Crippen molar-refractivity contribution in [3.8, 4) is 0 Å². The van der Waals surface area contributed by atoms with Gasteiger partial charge in [0.05, 0.1) is 5.41 Å². The number of nitrogens with two attached hydrogens (primary N) is 1. The molecule has 0 radical (unpaired) electrons. The molecule has 1 amide bonds. The molecule has 4 N–H and O–H groups in total. The lowest BCUT2D eigenvalue weighted by Gasteiger charge is -2.11. The molecule has 5 nitrogen and oxygen atoms in total. The third-order valence-corrected chi connectivity index (χ3v) is 2.44. The van der Waals surface area contributed by atoms with E-state index in [0.717, 1.165) is 0 Å². The highest BCUT2D eigenvalue weighted by molar-refractivity contribution is 5.81. The van der Waals surface area contributed by atoms with Crippen molar-refractivity contribution in [2.75, 3.05) is 6.54 Å². The van der Waals surface area contributed by atoms with Gasteiger partial charge in [0.1, 0.15) is 0 Å². The van der Waals surface area contributed by atoms with Gasteiger partial charge in [-0.15, -0.1) is 0 Å². The highest BCUT2D eigenvalue weighted by Crippen LogP contribution is 2.45. The van der Waals surface area contributed by atoms with Crippen LogP contribution in [0.5, 0.6) is 0 Å². The lowest BCUT2D eigenvalue weighted by Crippen LogP contribution is -2.36. The number of amides is 1. The van der Waals surface area contributed by atoms with Crippen LogP contribution in [0.15, 0.2) is 0 Å². The van der Waals surface area contributed by atoms with E-state index in [0.29, 0.717) is 12.8 Å². The van der Waals surface area contributed by atoms with Gasteiger partial charge < -0.3 is 16.2 Å². The van der Waals surface area contributed by atoms with Crippen molar-refractivity contribution in [1.29, 1.82) is 0 Å². The summed E-state index contributed by atoms with van der Waals surface area (Å²) in [6.07, 6.45) is 1.55. The van der Waals surface area contributed by atoms with Crippen LogP contribution >= 0.6 is 0 Å². The van der Waals surface area contributed by atoms with Gasteiger partial charge in [0.25, 0.3) is 0 Å². The molecule has 1 fully saturated rings. The third kappa shape index (κ3) is 2.70. The van der Waals surface area contributed by atoms with E-state index in [2.05, 4.69) is 5.32 Å². The lowest BCUT2D eigenvalue weighted by atomic mass is 10.1. The maximum Gasteiger partial charge on any atom is 0.311 e. The molecule has 14 heavy (non-hydrogen) atoms. The Bertz CT molecular complexity index is 246. The summed E-state index contributed by atoms with van der Waals surface area (Å²) >= 11 is 0. The summed E-state index contributed by atoms with van der Waals surface area (Å²) in [4.78, 5) is 21.9. The van der Waals surface area contributed by atoms with Crippen LogP contribution in [-0.4, -0.2) is 29.6 Å². The number of rotatable bonds is 5. The van der Waals surface area contributed by atoms with Crippen molar-refractivity contribution in [1.82, 2.24) is 5.32 Å². The number of hydrogen-bond donors (Lipinski definition) is 3. The Balaban J connectivity index is 2.27. The quantitative estimate of drug-likeness (QED) is 0.568. The van der Waals surface area contributed by atoms with Crippen LogP contribution < -0.4 is 11.1 Å². The van der Waals surface area contributed by atoms with E-state index in [1.54, 1.807) is 6.92 Å². The van der Waals surface area contributed by atoms with Crippen molar-refractivity contribution in [3.05, 3.63) is 0 Å². The minimum Gasteiger partial charge on any atom is -0.481 e. The van der Waals surface area contributed by atoms with E-state index >= 15 is 0 Å². The molecule has 0 aliphatic heterocycles. The monoisotopic (exact) mass is 200 g/mol. The summed E-state index contributed by atoms with van der Waals surface area (Å²) in [6.45, 7) is 1.97. The van der Waals surface area contributed by atoms with E-state index in [-0.39, 0.29) is 24.9 Å². The van der Waals surface area contributed by atoms with Crippen LogP contribution in [0.25, 0.3) is 0 Å². The molecule has 1 aliphatic carbocycles. The van der Waals surface area contributed by atoms with Crippen LogP contribution in [0.3, 0.4) is 0 Å². The predicted octanol–water partition coefficient (Wildman–Crippen LogP) is -0.295. The van der Waals surface area contributed by atoms with Gasteiger partial charge in [-0.3, -0.25) is 9.59 Å². The van der Waals surface area contributed by atoms with Crippen molar-refractivity contribution in [2.45, 2.75) is 32.2 Å². The number of carbonyl (C=O) groups is 2. The van der Waals surface area contributed by atoms with Gasteiger partial charge in [-0.2, -0.15) is 0 Å². The summed E-state index contributed by atoms with van der Waals surface area (Å²) in [7, 11) is 0. The Morgan fingerprint density at radius 2 is 2.14 bits per heavy atom. The molecule has 1 unspecified atom stereocenters. The van der Waals surface area contributed by atoms with Crippen LogP contribution in [0.1, 0.15) is 26.2 Å². The van der Waals surface area contributed by atoms with Crippen LogP contribution in [-0.2, 0) is 9.59 Å². The second kappa shape index (κ2) is 3.96. The average Bonchev–Trinajstić information content (AvgIpc) is 2.79. The number of carbonyl (C=O) groups excluding carboxylic acids is 1. The largest absolute Gasteiger partial charge is 0.481 e. The number of carboxylic acid groups (broad SMARTS) is 1. The summed E-state index contributed by atoms with van der Waals surface area (Å²) in [5, 5.41) is 11.4. The minimum atomic E-state index is -0.821. The Kier molecular flexibility index (Phi) is 3.10. The third-order valence-electron chi connectivity index (χ3n) is 2.44. The Hall–Kier alpha value is -1.10. The van der Waals surface area contributed by atoms with E-state index < -0.39 is 11.4 Å². The van der Waals surface area contributed by atoms with Crippen LogP contribution in [0, 0.1) is 5.41 Å². The minimum absolute atomic E-state index is 0.174. The van der Waals surface area contributed by atoms with E-state index in [4.69, 9.17) is 10.8 Å². The molecule has 0 aromatic heterocycles. The Labute approximate surface area is 82.7 Å². The van der Waals surface area contributed by atoms with E-state index in [1.807, 2.05) is 0 Å². The molecular weight excluding hydrogens is 184 g/mol. The van der Waals surface area contributed by atoms with Gasteiger partial charge in [-0.1, -0.05) is 0 Å². The lowest BCUT2D eigenvalue weighted by molar-refractivity contribution is -0.143. The first kappa shape index (κ1) is 11.0. The molecule has 0 saturated heterocycles. The fourth-order valence-electron chi connectivity index (χ4n) is 1.25. The molecule has 0 heterocycles. The van der Waals surface area contributed by atoms with Gasteiger partial charge in [-0.25, -0.2) is 0 Å². The summed E-state index contributed by atoms with van der Waals surface area (Å²) in [5.41, 5.74) is 4.74. The van der Waals surface area contributed by atoms with Gasteiger partial charge in [0, 0.05) is 19.0 Å². The second-order valence-corrected chi connectivity index (χ2v) is 4.04. The van der Waals surface area contributed by atoms with Gasteiger partial charge >= 0.3 is 5.97 Å².